The summed E-state index contributed by atoms with van der Waals surface area (Å²) >= 11 is 3.29. The average Bonchev–Trinajstić information content (AvgIpc) is 2.52. The highest BCUT2D eigenvalue weighted by molar-refractivity contribution is 9.10. The molecule has 0 saturated carbocycles. The monoisotopic (exact) mass is 362 g/mol. The fourth-order valence-electron chi connectivity index (χ4n) is 1.62. The number of carbonyl (C=O) groups is 2. The lowest BCUT2D eigenvalue weighted by molar-refractivity contribution is -0.123. The SMILES string of the molecule is Cc1ccc(OCC(=O)NNC(=O)c2ccc(Br)cc2)cc1. The normalized spacial score (nSPS) is 9.91. The second-order valence-electron chi connectivity index (χ2n) is 4.61. The average molecular weight is 363 g/mol. The van der Waals surface area contributed by atoms with Crippen molar-refractivity contribution in [1.29, 1.82) is 0 Å². The number of halogens is 1. The van der Waals surface area contributed by atoms with Crippen molar-refractivity contribution >= 4 is 27.7 Å². The summed E-state index contributed by atoms with van der Waals surface area (Å²) in [5.74, 6) is -0.234. The van der Waals surface area contributed by atoms with Gasteiger partial charge in [-0.05, 0) is 43.3 Å². The zero-order valence-corrected chi connectivity index (χ0v) is 13.5. The first-order valence-corrected chi connectivity index (χ1v) is 7.38. The van der Waals surface area contributed by atoms with Gasteiger partial charge in [-0.15, -0.1) is 0 Å². The van der Waals surface area contributed by atoms with E-state index in [0.29, 0.717) is 11.3 Å². The van der Waals surface area contributed by atoms with E-state index in [4.69, 9.17) is 4.74 Å². The fraction of sp³-hybridized carbons (Fsp3) is 0.125. The number of carbonyl (C=O) groups excluding carboxylic acids is 2. The molecule has 0 unspecified atom stereocenters. The Bertz CT molecular complexity index is 654. The summed E-state index contributed by atoms with van der Waals surface area (Å²) in [6.07, 6.45) is 0. The number of aryl methyl sites for hydroxylation is 1. The first kappa shape index (κ1) is 16.0. The Morgan fingerprint density at radius 3 is 2.27 bits per heavy atom. The summed E-state index contributed by atoms with van der Waals surface area (Å²) in [6, 6.07) is 14.1. The van der Waals surface area contributed by atoms with Gasteiger partial charge in [0.25, 0.3) is 11.8 Å². The van der Waals surface area contributed by atoms with Gasteiger partial charge in [0.05, 0.1) is 0 Å². The molecule has 114 valence electrons. The maximum absolute atomic E-state index is 11.8. The number of hydrazine groups is 1. The Balaban J connectivity index is 1.76. The minimum atomic E-state index is -0.439. The third kappa shape index (κ3) is 4.89. The third-order valence-electron chi connectivity index (χ3n) is 2.81. The fourth-order valence-corrected chi connectivity index (χ4v) is 1.88. The van der Waals surface area contributed by atoms with E-state index < -0.39 is 11.8 Å². The van der Waals surface area contributed by atoms with Crippen molar-refractivity contribution in [2.45, 2.75) is 6.92 Å². The van der Waals surface area contributed by atoms with Crippen LogP contribution in [0.5, 0.6) is 5.75 Å². The van der Waals surface area contributed by atoms with Crippen LogP contribution in [0.25, 0.3) is 0 Å². The molecule has 6 heteroatoms. The Morgan fingerprint density at radius 2 is 1.64 bits per heavy atom. The van der Waals surface area contributed by atoms with E-state index in [-0.39, 0.29) is 6.61 Å². The lowest BCUT2D eigenvalue weighted by Gasteiger charge is -2.09. The number of benzene rings is 2. The van der Waals surface area contributed by atoms with E-state index in [0.717, 1.165) is 10.0 Å². The molecule has 0 radical (unpaired) electrons. The van der Waals surface area contributed by atoms with Crippen LogP contribution in [0.1, 0.15) is 15.9 Å². The Morgan fingerprint density at radius 1 is 1.00 bits per heavy atom. The molecule has 0 fully saturated rings. The lowest BCUT2D eigenvalue weighted by atomic mass is 10.2. The van der Waals surface area contributed by atoms with E-state index in [9.17, 15) is 9.59 Å². The summed E-state index contributed by atoms with van der Waals surface area (Å²) in [6.45, 7) is 1.79. The molecule has 2 aromatic carbocycles. The predicted octanol–water partition coefficient (Wildman–Crippen LogP) is 2.60. The van der Waals surface area contributed by atoms with Crippen LogP contribution >= 0.6 is 15.9 Å². The molecule has 0 atom stereocenters. The van der Waals surface area contributed by atoms with Gasteiger partial charge < -0.3 is 4.74 Å². The predicted molar refractivity (Wildman–Crippen MR) is 86.4 cm³/mol. The topological polar surface area (TPSA) is 67.4 Å². The van der Waals surface area contributed by atoms with Gasteiger partial charge in [0, 0.05) is 10.0 Å². The minimum absolute atomic E-state index is 0.177. The number of ether oxygens (including phenoxy) is 1. The summed E-state index contributed by atoms with van der Waals surface area (Å²) in [5.41, 5.74) is 6.19. The van der Waals surface area contributed by atoms with Gasteiger partial charge in [0.1, 0.15) is 5.75 Å². The zero-order valence-electron chi connectivity index (χ0n) is 11.9. The van der Waals surface area contributed by atoms with Gasteiger partial charge in [-0.2, -0.15) is 0 Å². The van der Waals surface area contributed by atoms with Crippen molar-refractivity contribution in [3.05, 3.63) is 64.1 Å². The summed E-state index contributed by atoms with van der Waals surface area (Å²) < 4.78 is 6.18. The van der Waals surface area contributed by atoms with E-state index in [2.05, 4.69) is 26.8 Å². The second kappa shape index (κ2) is 7.61. The quantitative estimate of drug-likeness (QED) is 0.821. The molecule has 0 spiro atoms. The molecule has 5 nitrogen and oxygen atoms in total. The van der Waals surface area contributed by atoms with Crippen LogP contribution in [0.4, 0.5) is 0 Å². The van der Waals surface area contributed by atoms with Crippen molar-refractivity contribution in [3.63, 3.8) is 0 Å². The third-order valence-corrected chi connectivity index (χ3v) is 3.34. The van der Waals surface area contributed by atoms with Gasteiger partial charge in [-0.25, -0.2) is 0 Å². The van der Waals surface area contributed by atoms with Crippen molar-refractivity contribution in [1.82, 2.24) is 10.9 Å². The van der Waals surface area contributed by atoms with Crippen molar-refractivity contribution in [2.24, 2.45) is 0 Å². The molecule has 0 aromatic heterocycles. The first-order valence-electron chi connectivity index (χ1n) is 6.59. The van der Waals surface area contributed by atoms with Crippen molar-refractivity contribution < 1.29 is 14.3 Å². The molecule has 0 heterocycles. The van der Waals surface area contributed by atoms with Gasteiger partial charge in [-0.3, -0.25) is 20.4 Å². The maximum Gasteiger partial charge on any atom is 0.276 e. The first-order chi connectivity index (χ1) is 10.5. The minimum Gasteiger partial charge on any atom is -0.484 e. The molecule has 0 saturated heterocycles. The number of amides is 2. The molecule has 0 aliphatic carbocycles. The molecule has 2 rings (SSSR count). The van der Waals surface area contributed by atoms with Crippen LogP contribution in [0.3, 0.4) is 0 Å². The summed E-state index contributed by atoms with van der Waals surface area (Å²) in [7, 11) is 0. The van der Waals surface area contributed by atoms with Crippen molar-refractivity contribution in [3.8, 4) is 5.75 Å². The summed E-state index contributed by atoms with van der Waals surface area (Å²) in [4.78, 5) is 23.4. The molecule has 0 aliphatic heterocycles. The maximum atomic E-state index is 11.8. The van der Waals surface area contributed by atoms with Crippen LogP contribution in [0, 0.1) is 6.92 Å². The lowest BCUT2D eigenvalue weighted by Crippen LogP contribution is -2.43. The Labute approximate surface area is 136 Å². The van der Waals surface area contributed by atoms with E-state index >= 15 is 0 Å². The van der Waals surface area contributed by atoms with E-state index in [1.807, 2.05) is 19.1 Å². The molecular weight excluding hydrogens is 348 g/mol. The molecule has 2 N–H and O–H groups in total. The molecule has 2 amide bonds. The van der Waals surface area contributed by atoms with Gasteiger partial charge in [-0.1, -0.05) is 33.6 Å². The van der Waals surface area contributed by atoms with Crippen LogP contribution < -0.4 is 15.6 Å². The van der Waals surface area contributed by atoms with Crippen LogP contribution in [-0.4, -0.2) is 18.4 Å². The van der Waals surface area contributed by atoms with Crippen LogP contribution in [-0.2, 0) is 4.79 Å². The zero-order chi connectivity index (χ0) is 15.9. The smallest absolute Gasteiger partial charge is 0.276 e. The highest BCUT2D eigenvalue weighted by Crippen LogP contribution is 2.11. The summed E-state index contributed by atoms with van der Waals surface area (Å²) in [5, 5.41) is 0. The Hall–Kier alpha value is -2.34. The Kier molecular flexibility index (Phi) is 5.55. The molecular formula is C16H15BrN2O3. The molecule has 0 aliphatic rings. The highest BCUT2D eigenvalue weighted by atomic mass is 79.9. The standard InChI is InChI=1S/C16H15BrN2O3/c1-11-2-8-14(9-3-11)22-10-15(20)18-19-16(21)12-4-6-13(17)7-5-12/h2-9H,10H2,1H3,(H,18,20)(H,19,21). The van der Waals surface area contributed by atoms with E-state index in [1.54, 1.807) is 36.4 Å². The van der Waals surface area contributed by atoms with Gasteiger partial charge >= 0.3 is 0 Å². The largest absolute Gasteiger partial charge is 0.484 e. The number of hydrogen-bond donors (Lipinski definition) is 2. The number of hydrogen-bond acceptors (Lipinski definition) is 3. The molecule has 0 bridgehead atoms. The second-order valence-corrected chi connectivity index (χ2v) is 5.53. The van der Waals surface area contributed by atoms with E-state index in [1.165, 1.54) is 0 Å². The van der Waals surface area contributed by atoms with Crippen molar-refractivity contribution in [2.75, 3.05) is 6.61 Å². The van der Waals surface area contributed by atoms with Crippen LogP contribution in [0.2, 0.25) is 0 Å². The number of rotatable bonds is 4. The van der Waals surface area contributed by atoms with Gasteiger partial charge in [0.15, 0.2) is 6.61 Å². The number of nitrogens with one attached hydrogen (secondary N) is 2. The molecule has 2 aromatic rings. The van der Waals surface area contributed by atoms with Crippen LogP contribution in [0.15, 0.2) is 53.0 Å². The highest BCUT2D eigenvalue weighted by Gasteiger charge is 2.07. The van der Waals surface area contributed by atoms with Gasteiger partial charge in [0.2, 0.25) is 0 Å². The molecule has 22 heavy (non-hydrogen) atoms.